The predicted molar refractivity (Wildman–Crippen MR) is 28.8 cm³/mol. The topological polar surface area (TPSA) is 110 Å². The average molecular weight is 166 g/mol. The van der Waals surface area contributed by atoms with Gasteiger partial charge in [0.25, 0.3) is 0 Å². The maximum absolute atomic E-state index is 9.44. The van der Waals surface area contributed by atoms with Crippen molar-refractivity contribution in [3.8, 4) is 0 Å². The molecule has 0 bridgehead atoms. The molecule has 7 nitrogen and oxygen atoms in total. The first kappa shape index (κ1) is 11.9. The Kier molecular flexibility index (Phi) is 5.28. The zero-order valence-corrected chi connectivity index (χ0v) is 4.25. The van der Waals surface area contributed by atoms with Crippen LogP contribution in [0, 0.1) is 10.1 Å². The van der Waals surface area contributed by atoms with Gasteiger partial charge < -0.3 is 0 Å². The van der Waals surface area contributed by atoms with Gasteiger partial charge in [-0.15, -0.1) is 0 Å². The second-order valence-corrected chi connectivity index (χ2v) is 1.96. The molecule has 0 spiro atoms. The van der Waals surface area contributed by atoms with Gasteiger partial charge in [-0.1, -0.05) is 0 Å². The molecule has 0 amide bonds. The quantitative estimate of drug-likeness (QED) is 0.212. The van der Waals surface area contributed by atoms with E-state index >= 15 is 0 Å². The molecule has 9 heavy (non-hydrogen) atoms. The maximum atomic E-state index is 9.44. The van der Waals surface area contributed by atoms with E-state index in [1.807, 2.05) is 0 Å². The molecule has 0 aromatic carbocycles. The Labute approximate surface area is 72.7 Å². The fraction of sp³-hybridized carbons (Fsp3) is 0. The molecule has 2 N–H and O–H groups in total. The third kappa shape index (κ3) is 11.6. The molecule has 0 radical (unpaired) electrons. The average Bonchev–Trinajstić information content (AvgIpc) is 1.21. The molecule has 0 aromatic rings. The number of rotatable bonds is 2. The molecule has 9 heteroatoms. The summed E-state index contributed by atoms with van der Waals surface area (Å²) in [5, 5.41) is 7.79. The Morgan fingerprint density at radius 1 is 1.56 bits per heavy atom. The minimum absolute atomic E-state index is 0. The van der Waals surface area contributed by atoms with E-state index in [2.05, 4.69) is 0 Å². The van der Waals surface area contributed by atoms with Crippen LogP contribution < -0.4 is 4.83 Å². The number of nitrogens with one attached hydrogen (secondary N) is 1. The van der Waals surface area contributed by atoms with Crippen LogP contribution in [0.1, 0.15) is 0 Å². The van der Waals surface area contributed by atoms with Crippen molar-refractivity contribution in [3.05, 3.63) is 10.1 Å². The van der Waals surface area contributed by atoms with Gasteiger partial charge in [0, 0.05) is 0 Å². The van der Waals surface area contributed by atoms with E-state index in [9.17, 15) is 18.5 Å². The Bertz CT molecular complexity index is 181. The molecule has 0 aliphatic carbocycles. The first-order chi connectivity index (χ1) is 3.42. The van der Waals surface area contributed by atoms with Gasteiger partial charge in [0.2, 0.25) is 0 Å². The van der Waals surface area contributed by atoms with Crippen LogP contribution in [0.4, 0.5) is 0 Å². The summed E-state index contributed by atoms with van der Waals surface area (Å²) < 4.78 is 26.5. The molecule has 0 saturated heterocycles. The van der Waals surface area contributed by atoms with E-state index < -0.39 is 15.3 Å². The summed E-state index contributed by atoms with van der Waals surface area (Å²) in [7, 11) is -4.67. The van der Waals surface area contributed by atoms with Gasteiger partial charge in [-0.2, -0.15) is 8.42 Å². The molecule has 0 aliphatic rings. The van der Waals surface area contributed by atoms with Crippen molar-refractivity contribution in [1.82, 2.24) is 4.83 Å². The van der Waals surface area contributed by atoms with E-state index in [-0.39, 0.29) is 29.6 Å². The number of hydrogen-bond acceptors (Lipinski definition) is 4. The molecule has 0 saturated carbocycles. The summed E-state index contributed by atoms with van der Waals surface area (Å²) in [6.45, 7) is 0. The van der Waals surface area contributed by atoms with Gasteiger partial charge in [0.1, 0.15) is 0 Å². The second kappa shape index (κ2) is 4.01. The van der Waals surface area contributed by atoms with Crippen LogP contribution in [0.2, 0.25) is 0 Å². The van der Waals surface area contributed by atoms with Gasteiger partial charge in [0.05, 0.1) is 0 Å². The number of nitro groups is 1. The van der Waals surface area contributed by atoms with Gasteiger partial charge in [-0.25, -0.2) is 10.1 Å². The van der Waals surface area contributed by atoms with Gasteiger partial charge in [0.15, 0.2) is 5.03 Å². The summed E-state index contributed by atoms with van der Waals surface area (Å²) >= 11 is 0. The first-order valence-electron chi connectivity index (χ1n) is 1.31. The van der Waals surface area contributed by atoms with Crippen LogP contribution in [0.15, 0.2) is 0 Å². The molecule has 0 aliphatic heterocycles. The normalized spacial score (nSPS) is 9.44. The summed E-state index contributed by atoms with van der Waals surface area (Å²) in [4.78, 5) is 9.80. The van der Waals surface area contributed by atoms with E-state index in [0.29, 0.717) is 4.83 Å². The first-order valence-corrected chi connectivity index (χ1v) is 2.75. The van der Waals surface area contributed by atoms with Crippen LogP contribution in [-0.4, -0.2) is 47.6 Å². The molecular weight excluding hydrogens is 163 g/mol. The van der Waals surface area contributed by atoms with Crippen LogP contribution in [0.25, 0.3) is 0 Å². The Morgan fingerprint density at radius 2 is 1.89 bits per heavy atom. The van der Waals surface area contributed by atoms with Crippen LogP contribution >= 0.6 is 0 Å². The Balaban J connectivity index is 0. The standard InChI is InChI=1S/H2N2O5S.Na.H/c3-2(4)1-8(5,6)7;;/h1H,(H,5,6,7);;. The Hall–Kier alpha value is 0.110. The molecule has 50 valence electrons. The fourth-order valence-corrected chi connectivity index (χ4v) is 0.283. The summed E-state index contributed by atoms with van der Waals surface area (Å²) in [6, 6.07) is 0. The van der Waals surface area contributed by atoms with Crippen molar-refractivity contribution in [2.24, 2.45) is 0 Å². The fourth-order valence-electron chi connectivity index (χ4n) is 0.0942. The predicted octanol–water partition coefficient (Wildman–Crippen LogP) is -2.08. The molecule has 0 rings (SSSR count). The van der Waals surface area contributed by atoms with E-state index in [1.165, 1.54) is 0 Å². The summed E-state index contributed by atoms with van der Waals surface area (Å²) in [5.74, 6) is 0. The molecule has 0 unspecified atom stereocenters. The van der Waals surface area contributed by atoms with Crippen molar-refractivity contribution in [3.63, 3.8) is 0 Å². The van der Waals surface area contributed by atoms with Crippen molar-refractivity contribution >= 4 is 39.9 Å². The second-order valence-electron chi connectivity index (χ2n) is 0.823. The van der Waals surface area contributed by atoms with Crippen molar-refractivity contribution in [1.29, 1.82) is 0 Å². The van der Waals surface area contributed by atoms with E-state index in [0.717, 1.165) is 0 Å². The van der Waals surface area contributed by atoms with Crippen LogP contribution in [0.3, 0.4) is 0 Å². The third-order valence-electron chi connectivity index (χ3n) is 0.190. The number of hydrogen-bond donors (Lipinski definition) is 2. The molecule has 0 fully saturated rings. The number of hydrazine groups is 1. The van der Waals surface area contributed by atoms with Crippen molar-refractivity contribution < 1.29 is 18.0 Å². The van der Waals surface area contributed by atoms with E-state index in [1.54, 1.807) is 0 Å². The Morgan fingerprint density at radius 3 is 1.89 bits per heavy atom. The van der Waals surface area contributed by atoms with Gasteiger partial charge in [-0.05, 0) is 4.83 Å². The zero-order chi connectivity index (χ0) is 6.78. The monoisotopic (exact) mass is 166 g/mol. The third-order valence-corrected chi connectivity index (χ3v) is 0.570. The molecule has 0 aromatic heterocycles. The van der Waals surface area contributed by atoms with Crippen molar-refractivity contribution in [2.75, 3.05) is 0 Å². The molecule has 0 atom stereocenters. The van der Waals surface area contributed by atoms with Gasteiger partial charge >= 0.3 is 39.9 Å². The molecular formula is H3N2NaO5S. The number of nitrogens with zero attached hydrogens (tertiary/aromatic N) is 1. The van der Waals surface area contributed by atoms with Crippen molar-refractivity contribution in [2.45, 2.75) is 0 Å². The van der Waals surface area contributed by atoms with Crippen LogP contribution in [0.5, 0.6) is 0 Å². The molecule has 0 heterocycles. The van der Waals surface area contributed by atoms with Crippen LogP contribution in [-0.2, 0) is 10.3 Å². The minimum atomic E-state index is -4.67. The zero-order valence-electron chi connectivity index (χ0n) is 3.44. The summed E-state index contributed by atoms with van der Waals surface area (Å²) in [5.41, 5.74) is 0. The van der Waals surface area contributed by atoms with E-state index in [4.69, 9.17) is 4.55 Å². The SMILES string of the molecule is O=[N+]([O-])NS(=O)(=O)O.[NaH]. The van der Waals surface area contributed by atoms with Gasteiger partial charge in [-0.3, -0.25) is 4.55 Å². The summed E-state index contributed by atoms with van der Waals surface area (Å²) in [6.07, 6.45) is 0.